The average molecular weight is 661 g/mol. The molecule has 1 N–H and O–H groups in total. The van der Waals surface area contributed by atoms with E-state index in [-0.39, 0.29) is 0 Å². The highest BCUT2D eigenvalue weighted by molar-refractivity contribution is 6.08. The maximum Gasteiger partial charge on any atom is 0.127 e. The molecule has 0 aliphatic heterocycles. The van der Waals surface area contributed by atoms with Crippen LogP contribution in [0, 0.1) is 6.92 Å². The van der Waals surface area contributed by atoms with Gasteiger partial charge >= 0.3 is 0 Å². The van der Waals surface area contributed by atoms with Crippen LogP contribution in [0.5, 0.6) is 17.2 Å². The largest absolute Gasteiger partial charge is 0.497 e. The number of hydrogen-bond acceptors (Lipinski definition) is 3. The second kappa shape index (κ2) is 12.3. The third-order valence-corrected chi connectivity index (χ3v) is 10.5. The highest BCUT2D eigenvalue weighted by Crippen LogP contribution is 2.59. The lowest BCUT2D eigenvalue weighted by molar-refractivity contribution is 0.220. The van der Waals surface area contributed by atoms with Crippen LogP contribution >= 0.6 is 0 Å². The minimum absolute atomic E-state index is 0.555. The Hall–Kier alpha value is -6.16. The van der Waals surface area contributed by atoms with E-state index in [1.54, 1.807) is 7.11 Å². The first-order chi connectivity index (χ1) is 25.0. The molecule has 0 spiro atoms. The van der Waals surface area contributed by atoms with E-state index in [1.165, 1.54) is 60.5 Å². The van der Waals surface area contributed by atoms with Gasteiger partial charge in [-0.15, -0.1) is 0 Å². The van der Waals surface area contributed by atoms with Crippen molar-refractivity contribution in [2.75, 3.05) is 7.11 Å². The molecule has 1 aliphatic carbocycles. The van der Waals surface area contributed by atoms with Gasteiger partial charge in [-0.05, 0) is 109 Å². The summed E-state index contributed by atoms with van der Waals surface area (Å²) in [7, 11) is 1.63. The van der Waals surface area contributed by atoms with Gasteiger partial charge in [0.2, 0.25) is 0 Å². The van der Waals surface area contributed by atoms with Gasteiger partial charge in [-0.2, -0.15) is 0 Å². The average Bonchev–Trinajstić information content (AvgIpc) is 3.50. The zero-order valence-electron chi connectivity index (χ0n) is 28.5. The van der Waals surface area contributed by atoms with E-state index < -0.39 is 11.5 Å². The van der Waals surface area contributed by atoms with Crippen LogP contribution in [0.25, 0.3) is 32.7 Å². The van der Waals surface area contributed by atoms with Crippen LogP contribution in [0.4, 0.5) is 0 Å². The molecule has 8 aromatic rings. The van der Waals surface area contributed by atoms with Crippen LogP contribution in [-0.2, 0) is 5.41 Å². The Morgan fingerprint density at radius 3 is 1.65 bits per heavy atom. The maximum atomic E-state index is 11.0. The van der Waals surface area contributed by atoms with Gasteiger partial charge in [0.1, 0.15) is 23.4 Å². The molecule has 3 heteroatoms. The number of aliphatic hydroxyl groups is 1. The fraction of sp³-hybridized carbons (Fsp3) is 0.0833. The predicted octanol–water partition coefficient (Wildman–Crippen LogP) is 11.5. The minimum Gasteiger partial charge on any atom is -0.497 e. The van der Waals surface area contributed by atoms with Gasteiger partial charge in [0.15, 0.2) is 0 Å². The van der Waals surface area contributed by atoms with Crippen LogP contribution in [0.15, 0.2) is 170 Å². The molecule has 3 nitrogen and oxygen atoms in total. The van der Waals surface area contributed by atoms with Crippen molar-refractivity contribution >= 4 is 21.5 Å². The Morgan fingerprint density at radius 2 is 1.02 bits per heavy atom. The summed E-state index contributed by atoms with van der Waals surface area (Å²) >= 11 is 0. The smallest absolute Gasteiger partial charge is 0.127 e. The molecule has 0 fully saturated rings. The molecule has 0 saturated carbocycles. The molecular formula is C48H36O3. The molecule has 0 amide bonds. The first kappa shape index (κ1) is 30.9. The van der Waals surface area contributed by atoms with E-state index in [2.05, 4.69) is 128 Å². The van der Waals surface area contributed by atoms with E-state index >= 15 is 0 Å². The molecule has 2 unspecified atom stereocenters. The van der Waals surface area contributed by atoms with Crippen molar-refractivity contribution in [2.45, 2.75) is 18.4 Å². The van der Waals surface area contributed by atoms with Gasteiger partial charge in [0.25, 0.3) is 0 Å². The Kier molecular flexibility index (Phi) is 7.45. The molecule has 8 aromatic carbocycles. The van der Waals surface area contributed by atoms with Crippen LogP contribution < -0.4 is 9.47 Å². The van der Waals surface area contributed by atoms with Gasteiger partial charge in [0.05, 0.1) is 12.5 Å². The number of hydrogen-bond donors (Lipinski definition) is 1. The number of methoxy groups -OCH3 is 1. The maximum absolute atomic E-state index is 11.0. The summed E-state index contributed by atoms with van der Waals surface area (Å²) in [6.07, 6.45) is -0.743. The highest BCUT2D eigenvalue weighted by Gasteiger charge is 2.47. The molecule has 51 heavy (non-hydrogen) atoms. The summed E-state index contributed by atoms with van der Waals surface area (Å²) in [5.41, 5.74) is 9.87. The molecule has 0 radical (unpaired) electrons. The summed E-state index contributed by atoms with van der Waals surface area (Å²) < 4.78 is 11.7. The third-order valence-electron chi connectivity index (χ3n) is 10.5. The van der Waals surface area contributed by atoms with Gasteiger partial charge in [-0.3, -0.25) is 0 Å². The lowest BCUT2D eigenvalue weighted by Crippen LogP contribution is -2.29. The number of aliphatic hydroxyl groups excluding tert-OH is 1. The van der Waals surface area contributed by atoms with Gasteiger partial charge < -0.3 is 14.6 Å². The third kappa shape index (κ3) is 5.00. The molecular weight excluding hydrogens is 625 g/mol. The number of rotatable bonds is 7. The molecule has 0 saturated heterocycles. The van der Waals surface area contributed by atoms with Gasteiger partial charge in [0, 0.05) is 0 Å². The zero-order valence-corrected chi connectivity index (χ0v) is 28.5. The van der Waals surface area contributed by atoms with Crippen LogP contribution in [0.1, 0.15) is 45.0 Å². The molecule has 2 atom stereocenters. The first-order valence-electron chi connectivity index (χ1n) is 17.4. The van der Waals surface area contributed by atoms with Crippen LogP contribution in [0.3, 0.4) is 0 Å². The lowest BCUT2D eigenvalue weighted by Gasteiger charge is -2.35. The SMILES string of the molecule is COc1ccc(C(O)c2ccc(Oc3ccc(C4(c5ccc(C)cc5)c5ccc6ccccc6c5-c5ccc6ccccc6c54)cc3)cc2)cc1. The second-order valence-electron chi connectivity index (χ2n) is 13.4. The van der Waals surface area contributed by atoms with Crippen molar-refractivity contribution in [3.05, 3.63) is 209 Å². The molecule has 1 aliphatic rings. The van der Waals surface area contributed by atoms with E-state index in [1.807, 2.05) is 48.5 Å². The standard InChI is InChI=1S/C48H36O3/c1-31-11-19-36(20-12-31)48(44-30-18-32-7-3-5-9-41(32)45(44)43-29-17-33-8-4-6-10-42(33)46(43)48)37-21-27-40(28-22-37)51-39-25-15-35(16-26-39)47(49)34-13-23-38(50-2)24-14-34/h3-30,47,49H,1-2H3. The van der Waals surface area contributed by atoms with Crippen molar-refractivity contribution in [2.24, 2.45) is 0 Å². The quantitative estimate of drug-likeness (QED) is 0.185. The van der Waals surface area contributed by atoms with Crippen molar-refractivity contribution in [1.29, 1.82) is 0 Å². The van der Waals surface area contributed by atoms with Crippen molar-refractivity contribution in [3.63, 3.8) is 0 Å². The fourth-order valence-corrected chi connectivity index (χ4v) is 8.07. The molecule has 0 bridgehead atoms. The highest BCUT2D eigenvalue weighted by atomic mass is 16.5. The van der Waals surface area contributed by atoms with Crippen LogP contribution in [0.2, 0.25) is 0 Å². The molecule has 0 heterocycles. The van der Waals surface area contributed by atoms with E-state index in [9.17, 15) is 5.11 Å². The number of fused-ring (bicyclic) bond motifs is 7. The minimum atomic E-state index is -0.743. The number of aryl methyl sites for hydroxylation is 1. The van der Waals surface area contributed by atoms with E-state index in [0.29, 0.717) is 5.75 Å². The van der Waals surface area contributed by atoms with Crippen LogP contribution in [-0.4, -0.2) is 12.2 Å². The van der Waals surface area contributed by atoms with E-state index in [0.717, 1.165) is 22.6 Å². The van der Waals surface area contributed by atoms with Gasteiger partial charge in [-0.25, -0.2) is 0 Å². The fourth-order valence-electron chi connectivity index (χ4n) is 8.07. The lowest BCUT2D eigenvalue weighted by atomic mass is 9.66. The number of ether oxygens (including phenoxy) is 2. The Bertz CT molecular complexity index is 2530. The Morgan fingerprint density at radius 1 is 0.510 bits per heavy atom. The second-order valence-corrected chi connectivity index (χ2v) is 13.4. The Balaban J connectivity index is 1.15. The summed E-state index contributed by atoms with van der Waals surface area (Å²) in [4.78, 5) is 0. The zero-order chi connectivity index (χ0) is 34.5. The summed E-state index contributed by atoms with van der Waals surface area (Å²) in [5.74, 6) is 2.21. The summed E-state index contributed by atoms with van der Waals surface area (Å²) in [6.45, 7) is 2.15. The van der Waals surface area contributed by atoms with Gasteiger partial charge in [-0.1, -0.05) is 139 Å². The normalized spacial score (nSPS) is 15.4. The van der Waals surface area contributed by atoms with Crippen molar-refractivity contribution in [1.82, 2.24) is 0 Å². The Labute approximate surface area is 298 Å². The predicted molar refractivity (Wildman–Crippen MR) is 207 cm³/mol. The molecule has 9 rings (SSSR count). The summed E-state index contributed by atoms with van der Waals surface area (Å²) in [6, 6.07) is 59.5. The summed E-state index contributed by atoms with van der Waals surface area (Å²) in [5, 5.41) is 16.0. The first-order valence-corrected chi connectivity index (χ1v) is 17.4. The topological polar surface area (TPSA) is 38.7 Å². The molecule has 0 aromatic heterocycles. The van der Waals surface area contributed by atoms with Crippen molar-refractivity contribution in [3.8, 4) is 28.4 Å². The number of benzene rings is 8. The van der Waals surface area contributed by atoms with E-state index in [4.69, 9.17) is 9.47 Å². The molecule has 246 valence electrons. The van der Waals surface area contributed by atoms with Crippen molar-refractivity contribution < 1.29 is 14.6 Å². The monoisotopic (exact) mass is 660 g/mol.